The maximum atomic E-state index is 12.4. The maximum Gasteiger partial charge on any atom is 0.243 e. The third-order valence-corrected chi connectivity index (χ3v) is 4.14. The molecule has 0 radical (unpaired) electrons. The molecule has 0 unspecified atom stereocenters. The van der Waals surface area contributed by atoms with Gasteiger partial charge in [0.25, 0.3) is 0 Å². The van der Waals surface area contributed by atoms with Crippen molar-refractivity contribution in [3.8, 4) is 0 Å². The van der Waals surface area contributed by atoms with Crippen LogP contribution in [0.2, 0.25) is 0 Å². The molecular formula is C17H17N5O. The Kier molecular flexibility index (Phi) is 3.22. The summed E-state index contributed by atoms with van der Waals surface area (Å²) in [4.78, 5) is 16.7. The second-order valence-electron chi connectivity index (χ2n) is 5.84. The predicted octanol–water partition coefficient (Wildman–Crippen LogP) is 1.69. The number of nitrogens with one attached hydrogen (secondary N) is 2. The lowest BCUT2D eigenvalue weighted by Gasteiger charge is -2.11. The molecule has 1 aliphatic heterocycles. The summed E-state index contributed by atoms with van der Waals surface area (Å²) in [5.74, 6) is -0.00543. The van der Waals surface area contributed by atoms with Gasteiger partial charge in [-0.1, -0.05) is 17.7 Å². The van der Waals surface area contributed by atoms with Gasteiger partial charge in [-0.15, -0.1) is 0 Å². The van der Waals surface area contributed by atoms with Crippen molar-refractivity contribution in [3.63, 3.8) is 0 Å². The fourth-order valence-corrected chi connectivity index (χ4v) is 2.96. The first-order valence-electron chi connectivity index (χ1n) is 7.62. The van der Waals surface area contributed by atoms with Gasteiger partial charge < -0.3 is 10.6 Å². The van der Waals surface area contributed by atoms with E-state index >= 15 is 0 Å². The van der Waals surface area contributed by atoms with Crippen molar-refractivity contribution >= 4 is 17.2 Å². The molecule has 116 valence electrons. The molecule has 2 N–H and O–H groups in total. The molecule has 6 heteroatoms. The smallest absolute Gasteiger partial charge is 0.243 e. The third-order valence-electron chi connectivity index (χ3n) is 4.14. The van der Waals surface area contributed by atoms with Crippen LogP contribution in [0.15, 0.2) is 42.9 Å². The molecule has 3 heterocycles. The average Bonchev–Trinajstić information content (AvgIpc) is 3.16. The van der Waals surface area contributed by atoms with Crippen LogP contribution in [0, 0.1) is 6.92 Å². The van der Waals surface area contributed by atoms with Crippen LogP contribution in [-0.4, -0.2) is 26.5 Å². The van der Waals surface area contributed by atoms with Crippen LogP contribution < -0.4 is 10.6 Å². The Labute approximate surface area is 133 Å². The Morgan fingerprint density at radius 3 is 3.30 bits per heavy atom. The zero-order valence-electron chi connectivity index (χ0n) is 12.8. The number of anilines is 1. The van der Waals surface area contributed by atoms with Crippen LogP contribution in [0.5, 0.6) is 0 Å². The molecule has 0 fully saturated rings. The van der Waals surface area contributed by atoms with Crippen molar-refractivity contribution in [2.75, 3.05) is 5.32 Å². The fourth-order valence-electron chi connectivity index (χ4n) is 2.96. The minimum Gasteiger partial charge on any atom is -0.373 e. The van der Waals surface area contributed by atoms with E-state index in [9.17, 15) is 4.79 Å². The number of aryl methyl sites for hydroxylation is 1. The van der Waals surface area contributed by atoms with E-state index in [1.165, 1.54) is 11.1 Å². The number of nitrogens with zero attached hydrogens (tertiary/aromatic N) is 3. The Bertz CT molecular complexity index is 886. The van der Waals surface area contributed by atoms with Crippen molar-refractivity contribution < 1.29 is 4.79 Å². The SMILES string of the molecule is Cc1ccc2c(c1)C[C@H](C(=O)NCc1cnn3cccnc13)N2. The number of aromatic nitrogens is 3. The molecule has 2 aromatic heterocycles. The first-order chi connectivity index (χ1) is 11.2. The van der Waals surface area contributed by atoms with Crippen LogP contribution in [0.3, 0.4) is 0 Å². The maximum absolute atomic E-state index is 12.4. The number of fused-ring (bicyclic) bond motifs is 2. The fraction of sp³-hybridized carbons (Fsp3) is 0.235. The third kappa shape index (κ3) is 2.52. The lowest BCUT2D eigenvalue weighted by molar-refractivity contribution is -0.121. The predicted molar refractivity (Wildman–Crippen MR) is 87.1 cm³/mol. The Hall–Kier alpha value is -2.89. The number of benzene rings is 1. The van der Waals surface area contributed by atoms with Gasteiger partial charge in [-0.05, 0) is 24.6 Å². The van der Waals surface area contributed by atoms with Gasteiger partial charge in [0.2, 0.25) is 5.91 Å². The van der Waals surface area contributed by atoms with Crippen LogP contribution in [0.4, 0.5) is 5.69 Å². The summed E-state index contributed by atoms with van der Waals surface area (Å²) in [7, 11) is 0. The molecule has 0 aliphatic carbocycles. The molecule has 1 amide bonds. The lowest BCUT2D eigenvalue weighted by atomic mass is 10.1. The van der Waals surface area contributed by atoms with E-state index in [1.54, 1.807) is 16.9 Å². The van der Waals surface area contributed by atoms with E-state index < -0.39 is 0 Å². The number of carbonyl (C=O) groups is 1. The molecule has 1 aliphatic rings. The molecule has 0 saturated carbocycles. The molecule has 4 rings (SSSR count). The van der Waals surface area contributed by atoms with Crippen LogP contribution >= 0.6 is 0 Å². The van der Waals surface area contributed by atoms with Gasteiger partial charge in [0.1, 0.15) is 6.04 Å². The van der Waals surface area contributed by atoms with Gasteiger partial charge >= 0.3 is 0 Å². The number of rotatable bonds is 3. The Balaban J connectivity index is 1.43. The van der Waals surface area contributed by atoms with Crippen LogP contribution in [-0.2, 0) is 17.8 Å². The van der Waals surface area contributed by atoms with Crippen LogP contribution in [0.25, 0.3) is 5.65 Å². The monoisotopic (exact) mass is 307 g/mol. The van der Waals surface area contributed by atoms with Gasteiger partial charge in [0, 0.05) is 36.6 Å². The Morgan fingerprint density at radius 1 is 1.48 bits per heavy atom. The van der Waals surface area contributed by atoms with Crippen molar-refractivity contribution in [3.05, 3.63) is 59.5 Å². The summed E-state index contributed by atoms with van der Waals surface area (Å²) >= 11 is 0. The summed E-state index contributed by atoms with van der Waals surface area (Å²) in [5.41, 5.74) is 5.14. The Morgan fingerprint density at radius 2 is 2.39 bits per heavy atom. The van der Waals surface area contributed by atoms with E-state index in [0.29, 0.717) is 6.54 Å². The van der Waals surface area contributed by atoms with Crippen molar-refractivity contribution in [2.24, 2.45) is 0 Å². The molecule has 1 atom stereocenters. The van der Waals surface area contributed by atoms with E-state index in [-0.39, 0.29) is 11.9 Å². The standard InChI is InChI=1S/C17H17N5O/c1-11-3-4-14-12(7-11)8-15(21-14)17(23)19-9-13-10-20-22-6-2-5-18-16(13)22/h2-7,10,15,21H,8-9H2,1H3,(H,19,23)/t15-/m1/s1. The van der Waals surface area contributed by atoms with Crippen LogP contribution in [0.1, 0.15) is 16.7 Å². The highest BCUT2D eigenvalue weighted by molar-refractivity contribution is 5.87. The zero-order valence-corrected chi connectivity index (χ0v) is 12.8. The normalized spacial score (nSPS) is 16.1. The average molecular weight is 307 g/mol. The van der Waals surface area contributed by atoms with E-state index in [0.717, 1.165) is 23.3 Å². The van der Waals surface area contributed by atoms with E-state index in [4.69, 9.17) is 0 Å². The second-order valence-corrected chi connectivity index (χ2v) is 5.84. The largest absolute Gasteiger partial charge is 0.373 e. The summed E-state index contributed by atoms with van der Waals surface area (Å²) in [6.07, 6.45) is 6.02. The van der Waals surface area contributed by atoms with E-state index in [2.05, 4.69) is 39.8 Å². The van der Waals surface area contributed by atoms with Gasteiger partial charge in [0.05, 0.1) is 6.20 Å². The zero-order chi connectivity index (χ0) is 15.8. The quantitative estimate of drug-likeness (QED) is 0.772. The summed E-state index contributed by atoms with van der Waals surface area (Å²) in [6.45, 7) is 2.48. The van der Waals surface area contributed by atoms with Crippen molar-refractivity contribution in [1.29, 1.82) is 0 Å². The molecular weight excluding hydrogens is 290 g/mol. The molecule has 0 bridgehead atoms. The highest BCUT2D eigenvalue weighted by Gasteiger charge is 2.26. The van der Waals surface area contributed by atoms with Gasteiger partial charge in [-0.25, -0.2) is 9.50 Å². The molecule has 0 spiro atoms. The first-order valence-corrected chi connectivity index (χ1v) is 7.62. The summed E-state index contributed by atoms with van der Waals surface area (Å²) in [5, 5.41) is 10.5. The molecule has 3 aromatic rings. The minimum absolute atomic E-state index is 0.00543. The van der Waals surface area contributed by atoms with E-state index in [1.807, 2.05) is 18.3 Å². The summed E-state index contributed by atoms with van der Waals surface area (Å²) in [6, 6.07) is 7.82. The molecule has 23 heavy (non-hydrogen) atoms. The topological polar surface area (TPSA) is 71.3 Å². The lowest BCUT2D eigenvalue weighted by Crippen LogP contribution is -2.38. The second kappa shape index (κ2) is 5.39. The molecule has 1 aromatic carbocycles. The number of hydrogen-bond acceptors (Lipinski definition) is 4. The molecule has 0 saturated heterocycles. The molecule has 6 nitrogen and oxygen atoms in total. The highest BCUT2D eigenvalue weighted by Crippen LogP contribution is 2.26. The number of carbonyl (C=O) groups excluding carboxylic acids is 1. The van der Waals surface area contributed by atoms with Gasteiger partial charge in [-0.2, -0.15) is 5.10 Å². The minimum atomic E-state index is -0.221. The van der Waals surface area contributed by atoms with Crippen molar-refractivity contribution in [1.82, 2.24) is 19.9 Å². The van der Waals surface area contributed by atoms with Gasteiger partial charge in [-0.3, -0.25) is 4.79 Å². The van der Waals surface area contributed by atoms with Crippen molar-refractivity contribution in [2.45, 2.75) is 25.9 Å². The number of hydrogen-bond donors (Lipinski definition) is 2. The summed E-state index contributed by atoms with van der Waals surface area (Å²) < 4.78 is 1.70. The van der Waals surface area contributed by atoms with Gasteiger partial charge in [0.15, 0.2) is 5.65 Å². The first kappa shape index (κ1) is 13.8. The number of amides is 1. The highest BCUT2D eigenvalue weighted by atomic mass is 16.2.